The van der Waals surface area contributed by atoms with Crippen LogP contribution in [-0.2, 0) is 33.3 Å². The lowest BCUT2D eigenvalue weighted by atomic mass is 10.3. The Balaban J connectivity index is 3.43. The van der Waals surface area contributed by atoms with Crippen LogP contribution in [0.4, 0.5) is 4.79 Å². The molecule has 0 spiro atoms. The first-order chi connectivity index (χ1) is 12.5. The van der Waals surface area contributed by atoms with E-state index in [0.29, 0.717) is 19.3 Å². The molecule has 0 saturated heterocycles. The molecule has 0 aromatic heterocycles. The van der Waals surface area contributed by atoms with Crippen LogP contribution in [0.3, 0.4) is 0 Å². The number of alkyl carbamates (subject to hydrolysis) is 1. The van der Waals surface area contributed by atoms with Crippen LogP contribution in [0.2, 0.25) is 0 Å². The predicted molar refractivity (Wildman–Crippen MR) is 91.1 cm³/mol. The smallest absolute Gasteiger partial charge is 0.407 e. The molecule has 26 heavy (non-hydrogen) atoms. The SMILES string of the molecule is C=CC(=O)OCCCC(=O)OCCCCOC(=O)NCCOC(=O)C=C. The van der Waals surface area contributed by atoms with Crippen molar-refractivity contribution in [3.05, 3.63) is 25.3 Å². The van der Waals surface area contributed by atoms with E-state index in [0.717, 1.165) is 12.2 Å². The monoisotopic (exact) mass is 371 g/mol. The molecule has 0 atom stereocenters. The molecule has 0 fully saturated rings. The van der Waals surface area contributed by atoms with Gasteiger partial charge in [0.1, 0.15) is 6.61 Å². The Labute approximate surface area is 152 Å². The maximum atomic E-state index is 11.4. The average molecular weight is 371 g/mol. The van der Waals surface area contributed by atoms with Crippen LogP contribution in [0.5, 0.6) is 0 Å². The Morgan fingerprint density at radius 2 is 1.27 bits per heavy atom. The molecule has 0 aliphatic rings. The van der Waals surface area contributed by atoms with Gasteiger partial charge in [0.05, 0.1) is 26.4 Å². The van der Waals surface area contributed by atoms with Gasteiger partial charge in [0.2, 0.25) is 0 Å². The molecule has 0 bridgehead atoms. The molecule has 9 heteroatoms. The topological polar surface area (TPSA) is 117 Å². The number of ether oxygens (including phenoxy) is 4. The number of amides is 1. The summed E-state index contributed by atoms with van der Waals surface area (Å²) in [5.41, 5.74) is 0. The molecular weight excluding hydrogens is 346 g/mol. The second-order valence-corrected chi connectivity index (χ2v) is 4.84. The second kappa shape index (κ2) is 15.7. The molecule has 0 saturated carbocycles. The maximum Gasteiger partial charge on any atom is 0.407 e. The van der Waals surface area contributed by atoms with Crippen LogP contribution in [0.15, 0.2) is 25.3 Å². The molecule has 0 heterocycles. The fourth-order valence-corrected chi connectivity index (χ4v) is 1.49. The van der Waals surface area contributed by atoms with Gasteiger partial charge >= 0.3 is 24.0 Å². The Morgan fingerprint density at radius 3 is 1.88 bits per heavy atom. The number of esters is 3. The average Bonchev–Trinajstić information content (AvgIpc) is 2.64. The van der Waals surface area contributed by atoms with Crippen molar-refractivity contribution in [1.82, 2.24) is 5.32 Å². The lowest BCUT2D eigenvalue weighted by molar-refractivity contribution is -0.145. The first-order valence-electron chi connectivity index (χ1n) is 8.14. The predicted octanol–water partition coefficient (Wildman–Crippen LogP) is 1.27. The van der Waals surface area contributed by atoms with E-state index in [2.05, 4.69) is 23.2 Å². The van der Waals surface area contributed by atoms with E-state index in [1.165, 1.54) is 0 Å². The van der Waals surface area contributed by atoms with Crippen LogP contribution in [-0.4, -0.2) is 57.0 Å². The molecule has 146 valence electrons. The molecule has 0 rings (SSSR count). The molecule has 0 aliphatic carbocycles. The van der Waals surface area contributed by atoms with Crippen LogP contribution in [0.1, 0.15) is 25.7 Å². The van der Waals surface area contributed by atoms with Crippen molar-refractivity contribution in [1.29, 1.82) is 0 Å². The minimum Gasteiger partial charge on any atom is -0.466 e. The van der Waals surface area contributed by atoms with Gasteiger partial charge in [-0.05, 0) is 19.3 Å². The Hall–Kier alpha value is -2.84. The second-order valence-electron chi connectivity index (χ2n) is 4.84. The zero-order valence-corrected chi connectivity index (χ0v) is 14.7. The Bertz CT molecular complexity index is 445. The van der Waals surface area contributed by atoms with Gasteiger partial charge in [-0.2, -0.15) is 0 Å². The summed E-state index contributed by atoms with van der Waals surface area (Å²) in [5.74, 6) is -1.47. The van der Waals surface area contributed by atoms with Crippen molar-refractivity contribution < 1.29 is 38.1 Å². The third-order valence-electron chi connectivity index (χ3n) is 2.75. The number of hydrogen-bond acceptors (Lipinski definition) is 8. The summed E-state index contributed by atoms with van der Waals surface area (Å²) in [6.07, 6.45) is 3.07. The summed E-state index contributed by atoms with van der Waals surface area (Å²) in [7, 11) is 0. The van der Waals surface area contributed by atoms with Crippen LogP contribution >= 0.6 is 0 Å². The Kier molecular flexibility index (Phi) is 14.0. The van der Waals surface area contributed by atoms with E-state index in [1.54, 1.807) is 0 Å². The number of unbranched alkanes of at least 4 members (excludes halogenated alkanes) is 1. The summed E-state index contributed by atoms with van der Waals surface area (Å²) < 4.78 is 19.3. The van der Waals surface area contributed by atoms with Crippen LogP contribution < -0.4 is 5.32 Å². The highest BCUT2D eigenvalue weighted by Gasteiger charge is 2.05. The van der Waals surface area contributed by atoms with Gasteiger partial charge in [-0.3, -0.25) is 4.79 Å². The van der Waals surface area contributed by atoms with Gasteiger partial charge in [0.25, 0.3) is 0 Å². The van der Waals surface area contributed by atoms with Crippen molar-refractivity contribution in [3.8, 4) is 0 Å². The van der Waals surface area contributed by atoms with Crippen molar-refractivity contribution in [2.24, 2.45) is 0 Å². The first kappa shape index (κ1) is 23.2. The van der Waals surface area contributed by atoms with Crippen molar-refractivity contribution >= 4 is 24.0 Å². The van der Waals surface area contributed by atoms with Crippen molar-refractivity contribution in [2.45, 2.75) is 25.7 Å². The zero-order valence-electron chi connectivity index (χ0n) is 14.7. The largest absolute Gasteiger partial charge is 0.466 e. The Morgan fingerprint density at radius 1 is 0.731 bits per heavy atom. The highest BCUT2D eigenvalue weighted by atomic mass is 16.6. The molecule has 0 aromatic carbocycles. The molecule has 1 amide bonds. The first-order valence-corrected chi connectivity index (χ1v) is 8.14. The standard InChI is InChI=1S/C17H25NO8/c1-3-14(19)23-12-7-8-16(21)24-10-5-6-11-26-17(22)18-9-13-25-15(20)4-2/h3-4H,1-2,5-13H2,(H,18,22). The fraction of sp³-hybridized carbons (Fsp3) is 0.529. The number of nitrogens with one attached hydrogen (secondary N) is 1. The highest BCUT2D eigenvalue weighted by molar-refractivity contribution is 5.81. The van der Waals surface area contributed by atoms with Gasteiger partial charge in [0.15, 0.2) is 0 Å². The fourth-order valence-electron chi connectivity index (χ4n) is 1.49. The quantitative estimate of drug-likeness (QED) is 0.210. The van der Waals surface area contributed by atoms with E-state index in [4.69, 9.17) is 14.2 Å². The van der Waals surface area contributed by atoms with E-state index >= 15 is 0 Å². The summed E-state index contributed by atoms with van der Waals surface area (Å²) in [4.78, 5) is 44.2. The third kappa shape index (κ3) is 14.7. The lowest BCUT2D eigenvalue weighted by Crippen LogP contribution is -2.28. The normalized spacial score (nSPS) is 9.54. The van der Waals surface area contributed by atoms with Gasteiger partial charge in [-0.15, -0.1) is 0 Å². The molecule has 9 nitrogen and oxygen atoms in total. The zero-order chi connectivity index (χ0) is 19.6. The third-order valence-corrected chi connectivity index (χ3v) is 2.75. The van der Waals surface area contributed by atoms with E-state index in [-0.39, 0.29) is 45.4 Å². The number of carbonyl (C=O) groups is 4. The van der Waals surface area contributed by atoms with Crippen molar-refractivity contribution in [3.63, 3.8) is 0 Å². The van der Waals surface area contributed by atoms with E-state index < -0.39 is 18.0 Å². The van der Waals surface area contributed by atoms with E-state index in [1.807, 2.05) is 0 Å². The minimum absolute atomic E-state index is 0.0305. The van der Waals surface area contributed by atoms with Gasteiger partial charge in [-0.1, -0.05) is 13.2 Å². The molecule has 0 aliphatic heterocycles. The number of rotatable bonds is 14. The summed E-state index contributed by atoms with van der Waals surface area (Å²) in [6, 6.07) is 0. The molecular formula is C17H25NO8. The molecule has 0 radical (unpaired) electrons. The van der Waals surface area contributed by atoms with Gasteiger partial charge < -0.3 is 24.3 Å². The van der Waals surface area contributed by atoms with Crippen LogP contribution in [0, 0.1) is 0 Å². The number of carbonyl (C=O) groups excluding carboxylic acids is 4. The molecule has 0 unspecified atom stereocenters. The summed E-state index contributed by atoms with van der Waals surface area (Å²) in [5, 5.41) is 2.41. The molecule has 1 N–H and O–H groups in total. The minimum atomic E-state index is -0.620. The van der Waals surface area contributed by atoms with Gasteiger partial charge in [0, 0.05) is 18.6 Å². The maximum absolute atomic E-state index is 11.4. The van der Waals surface area contributed by atoms with Gasteiger partial charge in [-0.25, -0.2) is 14.4 Å². The summed E-state index contributed by atoms with van der Waals surface area (Å²) in [6.45, 7) is 7.19. The van der Waals surface area contributed by atoms with Crippen molar-refractivity contribution in [2.75, 3.05) is 33.0 Å². The lowest BCUT2D eigenvalue weighted by Gasteiger charge is -2.07. The van der Waals surface area contributed by atoms with Crippen LogP contribution in [0.25, 0.3) is 0 Å². The number of hydrogen-bond donors (Lipinski definition) is 1. The highest BCUT2D eigenvalue weighted by Crippen LogP contribution is 1.98. The summed E-state index contributed by atoms with van der Waals surface area (Å²) >= 11 is 0. The molecule has 0 aromatic rings. The van der Waals surface area contributed by atoms with E-state index in [9.17, 15) is 19.2 Å².